The number of nitrogens with zero attached hydrogens (tertiary/aromatic N) is 2. The average Bonchev–Trinajstić information content (AvgIpc) is 2.25. The smallest absolute Gasteiger partial charge is 0.241 e. The standard InChI is InChI=1S/C12H25N3O2/c1-10(7-8-13)5-6-11(16)15(4)9-12(17)14(2)3/h10H,5-9,13H2,1-4H3. The first kappa shape index (κ1) is 15.9. The van der Waals surface area contributed by atoms with Gasteiger partial charge in [-0.15, -0.1) is 0 Å². The van der Waals surface area contributed by atoms with Gasteiger partial charge in [-0.1, -0.05) is 6.92 Å². The van der Waals surface area contributed by atoms with E-state index in [1.54, 1.807) is 21.1 Å². The van der Waals surface area contributed by atoms with Crippen molar-refractivity contribution in [3.63, 3.8) is 0 Å². The van der Waals surface area contributed by atoms with Crippen molar-refractivity contribution in [3.05, 3.63) is 0 Å². The maximum Gasteiger partial charge on any atom is 0.241 e. The molecule has 5 nitrogen and oxygen atoms in total. The van der Waals surface area contributed by atoms with Gasteiger partial charge in [0.15, 0.2) is 0 Å². The van der Waals surface area contributed by atoms with Crippen LogP contribution in [0.3, 0.4) is 0 Å². The van der Waals surface area contributed by atoms with Crippen LogP contribution >= 0.6 is 0 Å². The highest BCUT2D eigenvalue weighted by Crippen LogP contribution is 2.10. The Bertz CT molecular complexity index is 254. The molecule has 0 radical (unpaired) electrons. The monoisotopic (exact) mass is 243 g/mol. The van der Waals surface area contributed by atoms with E-state index in [1.165, 1.54) is 9.80 Å². The van der Waals surface area contributed by atoms with Crippen molar-refractivity contribution >= 4 is 11.8 Å². The van der Waals surface area contributed by atoms with E-state index in [0.717, 1.165) is 12.8 Å². The van der Waals surface area contributed by atoms with E-state index < -0.39 is 0 Å². The minimum absolute atomic E-state index is 0.0177. The molecule has 0 aliphatic rings. The summed E-state index contributed by atoms with van der Waals surface area (Å²) in [4.78, 5) is 26.1. The Kier molecular flexibility index (Phi) is 7.54. The largest absolute Gasteiger partial charge is 0.347 e. The van der Waals surface area contributed by atoms with Crippen LogP contribution in [-0.4, -0.2) is 55.8 Å². The average molecular weight is 243 g/mol. The molecule has 2 N–H and O–H groups in total. The van der Waals surface area contributed by atoms with Crippen LogP contribution < -0.4 is 5.73 Å². The number of hydrogen-bond acceptors (Lipinski definition) is 3. The van der Waals surface area contributed by atoms with Gasteiger partial charge < -0.3 is 15.5 Å². The number of carbonyl (C=O) groups excluding carboxylic acids is 2. The van der Waals surface area contributed by atoms with Crippen molar-refractivity contribution in [2.75, 3.05) is 34.2 Å². The fraction of sp³-hybridized carbons (Fsp3) is 0.833. The van der Waals surface area contributed by atoms with Gasteiger partial charge in [-0.25, -0.2) is 0 Å². The molecule has 0 heterocycles. The molecule has 1 atom stereocenters. The highest BCUT2D eigenvalue weighted by Gasteiger charge is 2.14. The molecule has 100 valence electrons. The highest BCUT2D eigenvalue weighted by molar-refractivity contribution is 5.84. The SMILES string of the molecule is CC(CCN)CCC(=O)N(C)CC(=O)N(C)C. The van der Waals surface area contributed by atoms with E-state index in [-0.39, 0.29) is 18.4 Å². The van der Waals surface area contributed by atoms with Crippen LogP contribution in [0.4, 0.5) is 0 Å². The fourth-order valence-electron chi connectivity index (χ4n) is 1.42. The normalized spacial score (nSPS) is 12.1. The molecule has 0 rings (SSSR count). The Morgan fingerprint density at radius 1 is 1.12 bits per heavy atom. The van der Waals surface area contributed by atoms with Crippen LogP contribution in [0.5, 0.6) is 0 Å². The molecule has 1 unspecified atom stereocenters. The maximum atomic E-state index is 11.7. The lowest BCUT2D eigenvalue weighted by atomic mass is 10.0. The van der Waals surface area contributed by atoms with Crippen LogP contribution in [0.1, 0.15) is 26.2 Å². The quantitative estimate of drug-likeness (QED) is 0.699. The summed E-state index contributed by atoms with van der Waals surface area (Å²) in [5.41, 5.74) is 5.45. The summed E-state index contributed by atoms with van der Waals surface area (Å²) in [6.45, 7) is 2.90. The second-order valence-electron chi connectivity index (χ2n) is 4.76. The van der Waals surface area contributed by atoms with Gasteiger partial charge in [0.25, 0.3) is 0 Å². The van der Waals surface area contributed by atoms with Crippen LogP contribution in [0.15, 0.2) is 0 Å². The zero-order valence-corrected chi connectivity index (χ0v) is 11.4. The highest BCUT2D eigenvalue weighted by atomic mass is 16.2. The van der Waals surface area contributed by atoms with Crippen LogP contribution in [0.2, 0.25) is 0 Å². The maximum absolute atomic E-state index is 11.7. The predicted molar refractivity (Wildman–Crippen MR) is 68.4 cm³/mol. The van der Waals surface area contributed by atoms with E-state index in [1.807, 2.05) is 0 Å². The van der Waals surface area contributed by atoms with E-state index >= 15 is 0 Å². The summed E-state index contributed by atoms with van der Waals surface area (Å²) in [6.07, 6.45) is 2.25. The molecule has 0 aliphatic heterocycles. The minimum atomic E-state index is -0.0594. The molecule has 0 saturated carbocycles. The summed E-state index contributed by atoms with van der Waals surface area (Å²) in [5.74, 6) is 0.418. The first-order valence-corrected chi connectivity index (χ1v) is 6.02. The Labute approximate surface area is 104 Å². The molecule has 0 fully saturated rings. The Balaban J connectivity index is 3.94. The molecule has 0 spiro atoms. The van der Waals surface area contributed by atoms with Crippen molar-refractivity contribution in [3.8, 4) is 0 Å². The van der Waals surface area contributed by atoms with E-state index in [2.05, 4.69) is 6.92 Å². The minimum Gasteiger partial charge on any atom is -0.347 e. The second-order valence-corrected chi connectivity index (χ2v) is 4.76. The number of likely N-dealkylation sites (N-methyl/N-ethyl adjacent to an activating group) is 2. The number of nitrogens with two attached hydrogens (primary N) is 1. The molecule has 0 saturated heterocycles. The summed E-state index contributed by atoms with van der Waals surface area (Å²) < 4.78 is 0. The van der Waals surface area contributed by atoms with Crippen LogP contribution in [0.25, 0.3) is 0 Å². The molecule has 0 aromatic heterocycles. The second kappa shape index (κ2) is 8.06. The van der Waals surface area contributed by atoms with E-state index in [4.69, 9.17) is 5.73 Å². The topological polar surface area (TPSA) is 66.6 Å². The number of carbonyl (C=O) groups is 2. The van der Waals surface area contributed by atoms with Gasteiger partial charge in [0, 0.05) is 27.6 Å². The Hall–Kier alpha value is -1.10. The van der Waals surface area contributed by atoms with Crippen molar-refractivity contribution in [2.45, 2.75) is 26.2 Å². The van der Waals surface area contributed by atoms with Crippen molar-refractivity contribution < 1.29 is 9.59 Å². The third-order valence-corrected chi connectivity index (χ3v) is 2.81. The van der Waals surface area contributed by atoms with Crippen molar-refractivity contribution in [1.82, 2.24) is 9.80 Å². The molecule has 0 aliphatic carbocycles. The third kappa shape index (κ3) is 6.94. The molecule has 0 bridgehead atoms. The lowest BCUT2D eigenvalue weighted by Crippen LogP contribution is -2.37. The molecule has 2 amide bonds. The molecular formula is C12H25N3O2. The van der Waals surface area contributed by atoms with Gasteiger partial charge in [-0.2, -0.15) is 0 Å². The summed E-state index contributed by atoms with van der Waals surface area (Å²) >= 11 is 0. The number of amides is 2. The van der Waals surface area contributed by atoms with E-state index in [0.29, 0.717) is 18.9 Å². The zero-order chi connectivity index (χ0) is 13.4. The van der Waals surface area contributed by atoms with Crippen LogP contribution in [-0.2, 0) is 9.59 Å². The lowest BCUT2D eigenvalue weighted by molar-refractivity contribution is -0.138. The van der Waals surface area contributed by atoms with Gasteiger partial charge in [0.05, 0.1) is 6.54 Å². The molecular weight excluding hydrogens is 218 g/mol. The van der Waals surface area contributed by atoms with Gasteiger partial charge in [0.1, 0.15) is 0 Å². The Morgan fingerprint density at radius 2 is 1.71 bits per heavy atom. The Morgan fingerprint density at radius 3 is 2.18 bits per heavy atom. The van der Waals surface area contributed by atoms with Crippen molar-refractivity contribution in [1.29, 1.82) is 0 Å². The lowest BCUT2D eigenvalue weighted by Gasteiger charge is -2.20. The molecule has 0 aromatic carbocycles. The van der Waals surface area contributed by atoms with Gasteiger partial charge in [-0.05, 0) is 25.3 Å². The number of hydrogen-bond donors (Lipinski definition) is 1. The van der Waals surface area contributed by atoms with Crippen LogP contribution in [0, 0.1) is 5.92 Å². The first-order valence-electron chi connectivity index (χ1n) is 6.02. The van der Waals surface area contributed by atoms with Gasteiger partial charge in [-0.3, -0.25) is 9.59 Å². The third-order valence-electron chi connectivity index (χ3n) is 2.81. The number of rotatable bonds is 7. The molecule has 17 heavy (non-hydrogen) atoms. The summed E-state index contributed by atoms with van der Waals surface area (Å²) in [5, 5.41) is 0. The summed E-state index contributed by atoms with van der Waals surface area (Å²) in [6, 6.07) is 0. The van der Waals surface area contributed by atoms with Gasteiger partial charge in [0.2, 0.25) is 11.8 Å². The summed E-state index contributed by atoms with van der Waals surface area (Å²) in [7, 11) is 5.03. The van der Waals surface area contributed by atoms with Gasteiger partial charge >= 0.3 is 0 Å². The molecule has 5 heteroatoms. The van der Waals surface area contributed by atoms with E-state index in [9.17, 15) is 9.59 Å². The first-order chi connectivity index (χ1) is 7.88. The van der Waals surface area contributed by atoms with Crippen molar-refractivity contribution in [2.24, 2.45) is 11.7 Å². The molecule has 0 aromatic rings. The fourth-order valence-corrected chi connectivity index (χ4v) is 1.42. The predicted octanol–water partition coefficient (Wildman–Crippen LogP) is 0.298. The zero-order valence-electron chi connectivity index (χ0n) is 11.4.